The van der Waals surface area contributed by atoms with Gasteiger partial charge in [0.1, 0.15) is 16.5 Å². The molecule has 0 unspecified atom stereocenters. The highest BCUT2D eigenvalue weighted by Crippen LogP contribution is 2.37. The summed E-state index contributed by atoms with van der Waals surface area (Å²) in [5.41, 5.74) is 3.19. The van der Waals surface area contributed by atoms with Crippen LogP contribution in [0.5, 0.6) is 11.5 Å². The highest BCUT2D eigenvalue weighted by molar-refractivity contribution is 7.19. The van der Waals surface area contributed by atoms with Crippen molar-refractivity contribution in [1.82, 2.24) is 4.98 Å². The van der Waals surface area contributed by atoms with Gasteiger partial charge in [-0.3, -0.25) is 9.59 Å². The highest BCUT2D eigenvalue weighted by atomic mass is 32.1. The number of pyridine rings is 1. The van der Waals surface area contributed by atoms with E-state index in [2.05, 4.69) is 10.6 Å². The van der Waals surface area contributed by atoms with E-state index in [0.29, 0.717) is 50.5 Å². The van der Waals surface area contributed by atoms with Crippen LogP contribution in [0.15, 0.2) is 78.9 Å². The van der Waals surface area contributed by atoms with Crippen molar-refractivity contribution in [3.05, 3.63) is 100 Å². The molecule has 218 valence electrons. The summed E-state index contributed by atoms with van der Waals surface area (Å²) in [7, 11) is 3.12. The molecule has 0 saturated carbocycles. The number of benzene rings is 3. The molecular formula is C33H29N3O6S. The van der Waals surface area contributed by atoms with E-state index in [4.69, 9.17) is 19.2 Å². The van der Waals surface area contributed by atoms with Crippen LogP contribution < -0.4 is 20.1 Å². The minimum Gasteiger partial charge on any atom is -0.497 e. The predicted octanol–water partition coefficient (Wildman–Crippen LogP) is 6.97. The van der Waals surface area contributed by atoms with Crippen molar-refractivity contribution >= 4 is 50.7 Å². The van der Waals surface area contributed by atoms with E-state index in [-0.39, 0.29) is 22.0 Å². The van der Waals surface area contributed by atoms with Gasteiger partial charge in [-0.15, -0.1) is 11.3 Å². The molecule has 0 aliphatic carbocycles. The van der Waals surface area contributed by atoms with E-state index in [0.717, 1.165) is 11.3 Å². The molecule has 2 N–H and O–H groups in total. The Balaban J connectivity index is 1.58. The average Bonchev–Trinajstić information content (AvgIpc) is 3.36. The third kappa shape index (κ3) is 6.05. The number of nitrogens with one attached hydrogen (secondary N) is 2. The Bertz CT molecular complexity index is 1830. The SMILES string of the molecule is CCOC(=O)c1c(NC(=O)c2cc(-c3cc(OC)ccc3OC)nc3ccccc23)sc(C(=O)Nc2ccccc2)c1C. The number of carbonyl (C=O) groups excluding carboxylic acids is 3. The Morgan fingerprint density at radius 2 is 1.60 bits per heavy atom. The Morgan fingerprint density at radius 3 is 2.33 bits per heavy atom. The normalized spacial score (nSPS) is 10.7. The fraction of sp³-hybridized carbons (Fsp3) is 0.152. The second-order valence-corrected chi connectivity index (χ2v) is 10.4. The molecule has 43 heavy (non-hydrogen) atoms. The molecule has 9 nitrogen and oxygen atoms in total. The maximum absolute atomic E-state index is 14.0. The number of carbonyl (C=O) groups is 3. The van der Waals surface area contributed by atoms with Crippen molar-refractivity contribution < 1.29 is 28.6 Å². The van der Waals surface area contributed by atoms with Crippen LogP contribution in [0.2, 0.25) is 0 Å². The predicted molar refractivity (Wildman–Crippen MR) is 168 cm³/mol. The fourth-order valence-electron chi connectivity index (χ4n) is 4.66. The standard InChI is InChI=1S/C33H29N3O6S/c1-5-42-33(39)28-19(2)29(31(38)34-20-11-7-6-8-12-20)43-32(28)36-30(37)23-18-26(35-25-14-10-9-13-22(23)25)24-17-21(40-3)15-16-27(24)41-4/h6-18H,5H2,1-4H3,(H,34,38)(H,36,37). The van der Waals surface area contributed by atoms with Crippen LogP contribution in [0.1, 0.15) is 42.9 Å². The number of amides is 2. The first-order valence-corrected chi connectivity index (χ1v) is 14.3. The first-order valence-electron chi connectivity index (χ1n) is 13.4. The van der Waals surface area contributed by atoms with Gasteiger partial charge in [-0.2, -0.15) is 0 Å². The van der Waals surface area contributed by atoms with Crippen molar-refractivity contribution in [2.45, 2.75) is 13.8 Å². The smallest absolute Gasteiger partial charge is 0.341 e. The van der Waals surface area contributed by atoms with Crippen molar-refractivity contribution in [3.8, 4) is 22.8 Å². The van der Waals surface area contributed by atoms with Crippen molar-refractivity contribution in [1.29, 1.82) is 0 Å². The van der Waals surface area contributed by atoms with Gasteiger partial charge < -0.3 is 24.8 Å². The van der Waals surface area contributed by atoms with E-state index in [1.54, 1.807) is 82.7 Å². The van der Waals surface area contributed by atoms with Crippen LogP contribution in [0.4, 0.5) is 10.7 Å². The third-order valence-electron chi connectivity index (χ3n) is 6.73. The van der Waals surface area contributed by atoms with Gasteiger partial charge >= 0.3 is 5.97 Å². The lowest BCUT2D eigenvalue weighted by Crippen LogP contribution is -2.16. The zero-order valence-electron chi connectivity index (χ0n) is 24.0. The van der Waals surface area contributed by atoms with Gasteiger partial charge in [-0.1, -0.05) is 36.4 Å². The summed E-state index contributed by atoms with van der Waals surface area (Å²) in [6, 6.07) is 23.3. The van der Waals surface area contributed by atoms with E-state index < -0.39 is 17.8 Å². The summed E-state index contributed by atoms with van der Waals surface area (Å²) in [5.74, 6) is -0.356. The minimum absolute atomic E-state index is 0.131. The van der Waals surface area contributed by atoms with Gasteiger partial charge in [0, 0.05) is 16.6 Å². The van der Waals surface area contributed by atoms with Crippen LogP contribution in [0.25, 0.3) is 22.2 Å². The molecule has 0 spiro atoms. The quantitative estimate of drug-likeness (QED) is 0.177. The minimum atomic E-state index is -0.633. The monoisotopic (exact) mass is 595 g/mol. The van der Waals surface area contributed by atoms with E-state index in [1.165, 1.54) is 0 Å². The number of anilines is 2. The van der Waals surface area contributed by atoms with Crippen molar-refractivity contribution in [2.24, 2.45) is 0 Å². The lowest BCUT2D eigenvalue weighted by atomic mass is 10.0. The number of fused-ring (bicyclic) bond motifs is 1. The lowest BCUT2D eigenvalue weighted by Gasteiger charge is -2.13. The maximum atomic E-state index is 14.0. The molecule has 0 fully saturated rings. The number of thiophene rings is 1. The molecule has 2 heterocycles. The average molecular weight is 596 g/mol. The molecular weight excluding hydrogens is 566 g/mol. The summed E-state index contributed by atoms with van der Waals surface area (Å²) in [4.78, 5) is 45.3. The van der Waals surface area contributed by atoms with Crippen LogP contribution in [-0.4, -0.2) is 43.6 Å². The highest BCUT2D eigenvalue weighted by Gasteiger charge is 2.28. The largest absolute Gasteiger partial charge is 0.497 e. The summed E-state index contributed by atoms with van der Waals surface area (Å²) < 4.78 is 16.3. The second-order valence-electron chi connectivity index (χ2n) is 9.39. The molecule has 3 aromatic carbocycles. The molecule has 2 aromatic heterocycles. The molecule has 10 heteroatoms. The number of methoxy groups -OCH3 is 2. The zero-order valence-corrected chi connectivity index (χ0v) is 24.8. The third-order valence-corrected chi connectivity index (χ3v) is 7.94. The molecule has 5 aromatic rings. The molecule has 2 amide bonds. The lowest BCUT2D eigenvalue weighted by molar-refractivity contribution is 0.0527. The van der Waals surface area contributed by atoms with E-state index in [9.17, 15) is 14.4 Å². The van der Waals surface area contributed by atoms with Gasteiger partial charge in [0.2, 0.25) is 0 Å². The summed E-state index contributed by atoms with van der Waals surface area (Å²) in [6.07, 6.45) is 0. The first-order chi connectivity index (χ1) is 20.8. The maximum Gasteiger partial charge on any atom is 0.341 e. The summed E-state index contributed by atoms with van der Waals surface area (Å²) in [6.45, 7) is 3.49. The van der Waals surface area contributed by atoms with E-state index in [1.807, 2.05) is 24.3 Å². The summed E-state index contributed by atoms with van der Waals surface area (Å²) in [5, 5.41) is 6.54. The first kappa shape index (κ1) is 29.3. The topological polar surface area (TPSA) is 116 Å². The number of rotatable bonds is 9. The Hall–Kier alpha value is -5.22. The van der Waals surface area contributed by atoms with Crippen LogP contribution in [-0.2, 0) is 4.74 Å². The number of esters is 1. The molecule has 0 saturated heterocycles. The van der Waals surface area contributed by atoms with Crippen LogP contribution >= 0.6 is 11.3 Å². The Labute approximate surface area is 252 Å². The fourth-order valence-corrected chi connectivity index (χ4v) is 5.75. The van der Waals surface area contributed by atoms with Gasteiger partial charge in [0.25, 0.3) is 11.8 Å². The number of hydrogen-bond donors (Lipinski definition) is 2. The molecule has 0 aliphatic rings. The second kappa shape index (κ2) is 12.7. The number of hydrogen-bond acceptors (Lipinski definition) is 8. The molecule has 0 bridgehead atoms. The number of nitrogens with zero attached hydrogens (tertiary/aromatic N) is 1. The molecule has 5 rings (SSSR count). The Kier molecular flexibility index (Phi) is 8.68. The number of para-hydroxylation sites is 2. The number of aromatic nitrogens is 1. The molecule has 0 aliphatic heterocycles. The Morgan fingerprint density at radius 1 is 0.860 bits per heavy atom. The van der Waals surface area contributed by atoms with E-state index >= 15 is 0 Å². The van der Waals surface area contributed by atoms with Crippen molar-refractivity contribution in [2.75, 3.05) is 31.5 Å². The van der Waals surface area contributed by atoms with Gasteiger partial charge in [0.05, 0.1) is 48.0 Å². The van der Waals surface area contributed by atoms with Crippen LogP contribution in [0, 0.1) is 6.92 Å². The van der Waals surface area contributed by atoms with Gasteiger partial charge in [0.15, 0.2) is 0 Å². The molecule has 0 radical (unpaired) electrons. The summed E-state index contributed by atoms with van der Waals surface area (Å²) >= 11 is 1.01. The number of ether oxygens (including phenoxy) is 3. The van der Waals surface area contributed by atoms with Gasteiger partial charge in [-0.05, 0) is 61.9 Å². The van der Waals surface area contributed by atoms with Crippen LogP contribution in [0.3, 0.4) is 0 Å². The zero-order chi connectivity index (χ0) is 30.5. The van der Waals surface area contributed by atoms with Crippen molar-refractivity contribution in [3.63, 3.8) is 0 Å². The van der Waals surface area contributed by atoms with Gasteiger partial charge in [-0.25, -0.2) is 9.78 Å². The molecule has 0 atom stereocenters.